The van der Waals surface area contributed by atoms with Crippen molar-refractivity contribution in [2.75, 3.05) is 26.7 Å². The highest BCUT2D eigenvalue weighted by molar-refractivity contribution is 5.85. The van der Waals surface area contributed by atoms with E-state index in [0.717, 1.165) is 24.8 Å². The van der Waals surface area contributed by atoms with Gasteiger partial charge in [0.25, 0.3) is 0 Å². The second-order valence-electron chi connectivity index (χ2n) is 8.35. The first-order valence-electron chi connectivity index (χ1n) is 8.91. The predicted octanol–water partition coefficient (Wildman–Crippen LogP) is 3.70. The lowest BCUT2D eigenvalue weighted by atomic mass is 9.69. The van der Waals surface area contributed by atoms with Crippen LogP contribution in [0.15, 0.2) is 0 Å². The van der Waals surface area contributed by atoms with Gasteiger partial charge in [0, 0.05) is 32.8 Å². The van der Waals surface area contributed by atoms with E-state index in [1.165, 1.54) is 45.2 Å². The standard InChI is InChI=1S/C18H36N2O.ClH/c1-18(2,3)15-7-5-14(6-8-15)13-20-10-9-17(21-4)11-16(20)12-19;/h14-17H,5-13,19H2,1-4H3;1H. The van der Waals surface area contributed by atoms with E-state index in [2.05, 4.69) is 25.7 Å². The van der Waals surface area contributed by atoms with E-state index in [1.54, 1.807) is 0 Å². The van der Waals surface area contributed by atoms with Crippen molar-refractivity contribution in [1.82, 2.24) is 4.90 Å². The van der Waals surface area contributed by atoms with Crippen molar-refractivity contribution >= 4 is 12.4 Å². The minimum Gasteiger partial charge on any atom is -0.381 e. The molecule has 0 radical (unpaired) electrons. The SMILES string of the molecule is COC1CCN(CC2CCC(C(C)(C)C)CC2)C(CN)C1.Cl. The molecule has 0 aromatic rings. The molecule has 2 aliphatic rings. The van der Waals surface area contributed by atoms with Crippen molar-refractivity contribution in [3.8, 4) is 0 Å². The van der Waals surface area contributed by atoms with Gasteiger partial charge in [0.05, 0.1) is 6.10 Å². The number of likely N-dealkylation sites (tertiary alicyclic amines) is 1. The fourth-order valence-corrected chi connectivity index (χ4v) is 4.31. The number of nitrogens with zero attached hydrogens (tertiary/aromatic N) is 1. The highest BCUT2D eigenvalue weighted by Gasteiger charge is 2.33. The van der Waals surface area contributed by atoms with Gasteiger partial charge in [-0.15, -0.1) is 12.4 Å². The molecule has 1 aliphatic heterocycles. The van der Waals surface area contributed by atoms with Crippen LogP contribution in [0.3, 0.4) is 0 Å². The first-order valence-corrected chi connectivity index (χ1v) is 8.91. The number of methoxy groups -OCH3 is 1. The number of nitrogens with two attached hydrogens (primary N) is 1. The second-order valence-corrected chi connectivity index (χ2v) is 8.35. The van der Waals surface area contributed by atoms with Crippen molar-refractivity contribution in [2.24, 2.45) is 23.0 Å². The third-order valence-electron chi connectivity index (χ3n) is 5.96. The van der Waals surface area contributed by atoms with Gasteiger partial charge in [-0.2, -0.15) is 0 Å². The summed E-state index contributed by atoms with van der Waals surface area (Å²) in [6, 6.07) is 0.532. The maximum absolute atomic E-state index is 6.00. The molecule has 2 rings (SSSR count). The van der Waals surface area contributed by atoms with E-state index in [1.807, 2.05) is 7.11 Å². The highest BCUT2D eigenvalue weighted by Crippen LogP contribution is 2.40. The second kappa shape index (κ2) is 8.86. The summed E-state index contributed by atoms with van der Waals surface area (Å²) in [4.78, 5) is 2.65. The summed E-state index contributed by atoms with van der Waals surface area (Å²) in [5.41, 5.74) is 6.49. The third kappa shape index (κ3) is 5.36. The minimum absolute atomic E-state index is 0. The molecule has 0 spiro atoms. The first-order chi connectivity index (χ1) is 9.94. The molecule has 1 saturated carbocycles. The molecule has 22 heavy (non-hydrogen) atoms. The third-order valence-corrected chi connectivity index (χ3v) is 5.96. The lowest BCUT2D eigenvalue weighted by Gasteiger charge is -2.42. The maximum atomic E-state index is 6.00. The van der Waals surface area contributed by atoms with Crippen LogP contribution in [0.5, 0.6) is 0 Å². The van der Waals surface area contributed by atoms with Gasteiger partial charge in [-0.3, -0.25) is 4.90 Å². The van der Waals surface area contributed by atoms with Gasteiger partial charge in [0.15, 0.2) is 0 Å². The topological polar surface area (TPSA) is 38.5 Å². The van der Waals surface area contributed by atoms with Gasteiger partial charge in [-0.05, 0) is 55.8 Å². The van der Waals surface area contributed by atoms with Crippen LogP contribution in [-0.2, 0) is 4.74 Å². The van der Waals surface area contributed by atoms with Crippen molar-refractivity contribution in [3.05, 3.63) is 0 Å². The summed E-state index contributed by atoms with van der Waals surface area (Å²) in [6.45, 7) is 10.4. The lowest BCUT2D eigenvalue weighted by Crippen LogP contribution is -2.50. The first kappa shape index (κ1) is 20.2. The molecule has 2 N–H and O–H groups in total. The summed E-state index contributed by atoms with van der Waals surface area (Å²) in [5.74, 6) is 1.80. The molecule has 0 aromatic heterocycles. The van der Waals surface area contributed by atoms with Crippen LogP contribution in [0.25, 0.3) is 0 Å². The van der Waals surface area contributed by atoms with Gasteiger partial charge in [0.1, 0.15) is 0 Å². The molecule has 1 heterocycles. The van der Waals surface area contributed by atoms with E-state index >= 15 is 0 Å². The van der Waals surface area contributed by atoms with E-state index in [-0.39, 0.29) is 12.4 Å². The molecular weight excluding hydrogens is 296 g/mol. The molecule has 2 fully saturated rings. The van der Waals surface area contributed by atoms with Gasteiger partial charge < -0.3 is 10.5 Å². The van der Waals surface area contributed by atoms with Crippen LogP contribution in [0.4, 0.5) is 0 Å². The molecule has 4 heteroatoms. The zero-order valence-corrected chi connectivity index (χ0v) is 15.8. The Morgan fingerprint density at radius 2 is 1.73 bits per heavy atom. The Hall–Kier alpha value is 0.170. The van der Waals surface area contributed by atoms with Crippen molar-refractivity contribution < 1.29 is 4.74 Å². The Kier molecular flexibility index (Phi) is 8.15. The fraction of sp³-hybridized carbons (Fsp3) is 1.00. The summed E-state index contributed by atoms with van der Waals surface area (Å²) in [5, 5.41) is 0. The monoisotopic (exact) mass is 332 g/mol. The zero-order valence-electron chi connectivity index (χ0n) is 15.0. The molecule has 132 valence electrons. The Morgan fingerprint density at radius 1 is 1.09 bits per heavy atom. The van der Waals surface area contributed by atoms with Crippen LogP contribution in [0.2, 0.25) is 0 Å². The van der Waals surface area contributed by atoms with E-state index in [0.29, 0.717) is 17.6 Å². The van der Waals surface area contributed by atoms with E-state index in [4.69, 9.17) is 10.5 Å². The average Bonchev–Trinajstić information content (AvgIpc) is 2.47. The summed E-state index contributed by atoms with van der Waals surface area (Å²) >= 11 is 0. The summed E-state index contributed by atoms with van der Waals surface area (Å²) in [6.07, 6.45) is 8.35. The number of hydrogen-bond acceptors (Lipinski definition) is 3. The van der Waals surface area contributed by atoms with Gasteiger partial charge in [-0.1, -0.05) is 20.8 Å². The lowest BCUT2D eigenvalue weighted by molar-refractivity contribution is 0.00296. The van der Waals surface area contributed by atoms with Crippen molar-refractivity contribution in [1.29, 1.82) is 0 Å². The van der Waals surface area contributed by atoms with Crippen LogP contribution in [-0.4, -0.2) is 43.8 Å². The van der Waals surface area contributed by atoms with Gasteiger partial charge >= 0.3 is 0 Å². The minimum atomic E-state index is 0. The largest absolute Gasteiger partial charge is 0.381 e. The number of ether oxygens (including phenoxy) is 1. The molecule has 1 saturated heterocycles. The molecule has 3 nitrogen and oxygen atoms in total. The highest BCUT2D eigenvalue weighted by atomic mass is 35.5. The normalized spacial score (nSPS) is 34.2. The van der Waals surface area contributed by atoms with Crippen LogP contribution in [0, 0.1) is 17.3 Å². The van der Waals surface area contributed by atoms with Crippen molar-refractivity contribution in [2.45, 2.75) is 71.4 Å². The Morgan fingerprint density at radius 3 is 2.23 bits per heavy atom. The van der Waals surface area contributed by atoms with Gasteiger partial charge in [0.2, 0.25) is 0 Å². The number of halogens is 1. The van der Waals surface area contributed by atoms with Gasteiger partial charge in [-0.25, -0.2) is 0 Å². The smallest absolute Gasteiger partial charge is 0.0599 e. The maximum Gasteiger partial charge on any atom is 0.0599 e. The fourth-order valence-electron chi connectivity index (χ4n) is 4.31. The zero-order chi connectivity index (χ0) is 15.5. The number of hydrogen-bond donors (Lipinski definition) is 1. The van der Waals surface area contributed by atoms with Crippen molar-refractivity contribution in [3.63, 3.8) is 0 Å². The molecular formula is C18H37ClN2O. The molecule has 0 amide bonds. The quantitative estimate of drug-likeness (QED) is 0.853. The predicted molar refractivity (Wildman–Crippen MR) is 96.6 cm³/mol. The van der Waals surface area contributed by atoms with E-state index in [9.17, 15) is 0 Å². The molecule has 0 bridgehead atoms. The van der Waals surface area contributed by atoms with Crippen LogP contribution in [0.1, 0.15) is 59.3 Å². The molecule has 0 aromatic carbocycles. The summed E-state index contributed by atoms with van der Waals surface area (Å²) < 4.78 is 5.53. The van der Waals surface area contributed by atoms with E-state index < -0.39 is 0 Å². The Bertz CT molecular complexity index is 311. The average molecular weight is 333 g/mol. The number of rotatable bonds is 4. The molecule has 2 atom stereocenters. The molecule has 1 aliphatic carbocycles. The van der Waals surface area contributed by atoms with Crippen LogP contribution >= 0.6 is 12.4 Å². The van der Waals surface area contributed by atoms with Crippen LogP contribution < -0.4 is 5.73 Å². The number of piperidine rings is 1. The Labute approximate surface area is 143 Å². The summed E-state index contributed by atoms with van der Waals surface area (Å²) in [7, 11) is 1.83. The molecule has 2 unspecified atom stereocenters. The Balaban J connectivity index is 0.00000242.